The zero-order chi connectivity index (χ0) is 24.2. The molecular formula is C30H24O3P2-2. The van der Waals surface area contributed by atoms with Gasteiger partial charge in [-0.2, -0.15) is 0 Å². The number of hydrogen-bond acceptors (Lipinski definition) is 3. The van der Waals surface area contributed by atoms with Gasteiger partial charge in [-0.3, -0.25) is 0 Å². The molecule has 0 aliphatic carbocycles. The van der Waals surface area contributed by atoms with Crippen LogP contribution < -0.4 is 40.8 Å². The number of rotatable bonds is 7. The van der Waals surface area contributed by atoms with Crippen molar-refractivity contribution in [1.29, 1.82) is 0 Å². The van der Waals surface area contributed by atoms with Crippen LogP contribution in [0, 0.1) is 0 Å². The molecule has 0 amide bonds. The van der Waals surface area contributed by atoms with Crippen molar-refractivity contribution in [1.82, 2.24) is 0 Å². The molecule has 5 rings (SSSR count). The molecule has 0 heterocycles. The Hall–Kier alpha value is -3.32. The van der Waals surface area contributed by atoms with E-state index in [4.69, 9.17) is 4.52 Å². The van der Waals surface area contributed by atoms with Gasteiger partial charge in [0.2, 0.25) is 0 Å². The second kappa shape index (κ2) is 9.74. The van der Waals surface area contributed by atoms with E-state index >= 15 is 0 Å². The second-order valence-electron chi connectivity index (χ2n) is 8.18. The maximum atomic E-state index is 14.8. The van der Waals surface area contributed by atoms with E-state index in [2.05, 4.69) is 0 Å². The molecule has 0 atom stereocenters. The Morgan fingerprint density at radius 2 is 0.857 bits per heavy atom. The van der Waals surface area contributed by atoms with Crippen LogP contribution in [0.3, 0.4) is 0 Å². The third-order valence-corrected chi connectivity index (χ3v) is 11.5. The van der Waals surface area contributed by atoms with Crippen LogP contribution in [0.25, 0.3) is 0 Å². The first-order chi connectivity index (χ1) is 17.1. The van der Waals surface area contributed by atoms with Crippen LogP contribution in [-0.4, -0.2) is 0 Å². The van der Waals surface area contributed by atoms with Crippen molar-refractivity contribution >= 4 is 41.7 Å². The molecule has 0 saturated carbocycles. The first-order valence-electron chi connectivity index (χ1n) is 11.3. The molecule has 35 heavy (non-hydrogen) atoms. The average Bonchev–Trinajstić information content (AvgIpc) is 2.94. The van der Waals surface area contributed by atoms with E-state index in [9.17, 15) is 9.79 Å². The Kier molecular flexibility index (Phi) is 6.52. The van der Waals surface area contributed by atoms with Crippen molar-refractivity contribution in [2.24, 2.45) is 0 Å². The van der Waals surface area contributed by atoms with Gasteiger partial charge in [0.05, 0.1) is 0 Å². The Morgan fingerprint density at radius 1 is 0.457 bits per heavy atom. The first-order valence-corrected chi connectivity index (χ1v) is 14.7. The maximum absolute atomic E-state index is 14.8. The average molecular weight is 494 g/mol. The molecule has 0 N–H and O–H groups in total. The third kappa shape index (κ3) is 4.52. The number of benzene rings is 5. The topological polar surface area (TPSA) is 55.3 Å². The van der Waals surface area contributed by atoms with E-state index in [0.29, 0.717) is 5.75 Å². The standard InChI is InChI=1S/C30H24O3P2/c31-35(32,28-19-9-3-10-20-28,29-21-11-4-12-22-29)30-23-13-14-25(24-30)33-34(26-15-5-1-6-16-26)27-17-7-2-8-18-27/h1-24H/q-2. The molecule has 0 saturated heterocycles. The molecule has 0 aliphatic heterocycles. The Morgan fingerprint density at radius 3 is 1.31 bits per heavy atom. The first kappa shape index (κ1) is 23.4. The van der Waals surface area contributed by atoms with E-state index in [0.717, 1.165) is 10.6 Å². The summed E-state index contributed by atoms with van der Waals surface area (Å²) in [4.78, 5) is 29.6. The summed E-state index contributed by atoms with van der Waals surface area (Å²) < 4.78 is 6.55. The van der Waals surface area contributed by atoms with E-state index in [-0.39, 0.29) is 15.9 Å². The van der Waals surface area contributed by atoms with Gasteiger partial charge in [0.25, 0.3) is 0 Å². The van der Waals surface area contributed by atoms with Gasteiger partial charge in [-0.25, -0.2) is 0 Å². The van der Waals surface area contributed by atoms with Crippen LogP contribution >= 0.6 is 15.2 Å². The molecule has 0 bridgehead atoms. The normalized spacial score (nSPS) is 12.6. The van der Waals surface area contributed by atoms with Gasteiger partial charge in [0.15, 0.2) is 0 Å². The predicted molar refractivity (Wildman–Crippen MR) is 145 cm³/mol. The van der Waals surface area contributed by atoms with Crippen molar-refractivity contribution in [2.45, 2.75) is 0 Å². The summed E-state index contributed by atoms with van der Waals surface area (Å²) in [5.41, 5.74) is 0. The molecule has 0 aliphatic rings. The van der Waals surface area contributed by atoms with Gasteiger partial charge < -0.3 is 0 Å². The molecule has 5 aromatic rings. The Labute approximate surface area is 207 Å². The fourth-order valence-corrected chi connectivity index (χ4v) is 8.88. The zero-order valence-corrected chi connectivity index (χ0v) is 20.8. The molecule has 0 fully saturated rings. The molecule has 174 valence electrons. The number of hydrogen-bond donors (Lipinski definition) is 0. The van der Waals surface area contributed by atoms with E-state index in [1.54, 1.807) is 66.7 Å². The fraction of sp³-hybridized carbons (Fsp3) is 0. The third-order valence-electron chi connectivity index (χ3n) is 5.92. The molecule has 0 radical (unpaired) electrons. The molecule has 5 heteroatoms. The molecule has 0 aromatic heterocycles. The van der Waals surface area contributed by atoms with Gasteiger partial charge >= 0.3 is 207 Å². The van der Waals surface area contributed by atoms with Crippen molar-refractivity contribution in [3.8, 4) is 5.75 Å². The monoisotopic (exact) mass is 494 g/mol. The zero-order valence-electron chi connectivity index (χ0n) is 19.0. The van der Waals surface area contributed by atoms with Crippen LogP contribution in [0.1, 0.15) is 0 Å². The van der Waals surface area contributed by atoms with Crippen LogP contribution in [-0.2, 0) is 0 Å². The summed E-state index contributed by atoms with van der Waals surface area (Å²) in [6, 6.07) is 44.2. The van der Waals surface area contributed by atoms with Crippen molar-refractivity contribution in [2.75, 3.05) is 0 Å². The Balaban J connectivity index is 1.63. The van der Waals surface area contributed by atoms with Crippen LogP contribution in [0.2, 0.25) is 0 Å². The van der Waals surface area contributed by atoms with E-state index in [1.807, 2.05) is 78.9 Å². The SMILES string of the molecule is [O-]P([O-])(c1ccccc1)(c1ccccc1)c1cccc(OP(c2ccccc2)c2ccccc2)c1. The summed E-state index contributed by atoms with van der Waals surface area (Å²) in [7, 11) is -6.39. The summed E-state index contributed by atoms with van der Waals surface area (Å²) in [6.07, 6.45) is 0. The summed E-state index contributed by atoms with van der Waals surface area (Å²) in [5.74, 6) is 0.508. The van der Waals surface area contributed by atoms with Gasteiger partial charge in [0.1, 0.15) is 0 Å². The summed E-state index contributed by atoms with van der Waals surface area (Å²) in [6.45, 7) is 0. The quantitative estimate of drug-likeness (QED) is 0.326. The Bertz CT molecular complexity index is 1310. The van der Waals surface area contributed by atoms with Gasteiger partial charge in [-0.05, 0) is 0 Å². The second-order valence-corrected chi connectivity index (χ2v) is 13.5. The van der Waals surface area contributed by atoms with Gasteiger partial charge in [0, 0.05) is 0 Å². The molecule has 0 spiro atoms. The van der Waals surface area contributed by atoms with E-state index in [1.165, 1.54) is 0 Å². The van der Waals surface area contributed by atoms with Crippen LogP contribution in [0.4, 0.5) is 0 Å². The minimum atomic E-state index is -5.20. The van der Waals surface area contributed by atoms with E-state index < -0.39 is 15.2 Å². The minimum absolute atomic E-state index is 0.210. The van der Waals surface area contributed by atoms with Gasteiger partial charge in [-0.15, -0.1) is 0 Å². The molecule has 0 unspecified atom stereocenters. The molecule has 5 aromatic carbocycles. The fourth-order valence-electron chi connectivity index (χ4n) is 4.12. The van der Waals surface area contributed by atoms with Crippen molar-refractivity contribution in [3.63, 3.8) is 0 Å². The summed E-state index contributed by atoms with van der Waals surface area (Å²) in [5, 5.41) is 2.83. The van der Waals surface area contributed by atoms with Gasteiger partial charge in [-0.1, -0.05) is 0 Å². The van der Waals surface area contributed by atoms with Crippen LogP contribution in [0.5, 0.6) is 5.75 Å². The van der Waals surface area contributed by atoms with Crippen LogP contribution in [0.15, 0.2) is 146 Å². The van der Waals surface area contributed by atoms with Crippen molar-refractivity contribution in [3.05, 3.63) is 146 Å². The molecular weight excluding hydrogens is 470 g/mol. The molecule has 3 nitrogen and oxygen atoms in total. The van der Waals surface area contributed by atoms with Crippen molar-refractivity contribution < 1.29 is 14.3 Å². The predicted octanol–water partition coefficient (Wildman–Crippen LogP) is 3.49. The summed E-state index contributed by atoms with van der Waals surface area (Å²) >= 11 is 0.